The summed E-state index contributed by atoms with van der Waals surface area (Å²) >= 11 is 0. The molecule has 0 heterocycles. The van der Waals surface area contributed by atoms with Crippen molar-refractivity contribution in [3.05, 3.63) is 23.3 Å². The highest BCUT2D eigenvalue weighted by Gasteiger charge is 2.69. The summed E-state index contributed by atoms with van der Waals surface area (Å²) in [5, 5.41) is 25.4. The molecule has 0 aliphatic heterocycles. The van der Waals surface area contributed by atoms with Gasteiger partial charge in [-0.3, -0.25) is 28.9 Å². The average Bonchev–Trinajstić information content (AvgIpc) is 2.77. The van der Waals surface area contributed by atoms with E-state index in [1.165, 1.54) is 11.0 Å². The number of nitrogens with two attached hydrogens (primary N) is 1. The highest BCUT2D eigenvalue weighted by Crippen LogP contribution is 2.51. The lowest BCUT2D eigenvalue weighted by Crippen LogP contribution is -2.74. The Morgan fingerprint density at radius 2 is 1.89 bits per heavy atom. The van der Waals surface area contributed by atoms with Crippen molar-refractivity contribution in [2.75, 3.05) is 19.4 Å². The van der Waals surface area contributed by atoms with Crippen molar-refractivity contribution < 1.29 is 34.2 Å². The Hall–Kier alpha value is -3.11. The Labute approximate surface area is 202 Å². The molecule has 0 bridgehead atoms. The van der Waals surface area contributed by atoms with E-state index in [9.17, 15) is 34.2 Å². The van der Waals surface area contributed by atoms with Crippen LogP contribution in [0.1, 0.15) is 42.6 Å². The molecule has 2 saturated carbocycles. The highest BCUT2D eigenvalue weighted by atomic mass is 16.3. The van der Waals surface area contributed by atoms with Gasteiger partial charge in [0, 0.05) is 17.6 Å². The molecule has 10 nitrogen and oxygen atoms in total. The van der Waals surface area contributed by atoms with Gasteiger partial charge in [-0.15, -0.1) is 0 Å². The molecule has 0 aromatic heterocycles. The van der Waals surface area contributed by atoms with Crippen LogP contribution in [0.4, 0.5) is 5.69 Å². The maximum Gasteiger partial charge on any atom is 0.235 e. The molecule has 1 aromatic rings. The molecule has 2 fully saturated rings. The quantitative estimate of drug-likeness (QED) is 0.333. The van der Waals surface area contributed by atoms with E-state index < -0.39 is 64.4 Å². The van der Waals surface area contributed by atoms with Crippen molar-refractivity contribution in [3.8, 4) is 5.75 Å². The minimum atomic E-state index is -2.71. The smallest absolute Gasteiger partial charge is 0.235 e. The van der Waals surface area contributed by atoms with Gasteiger partial charge in [0.1, 0.15) is 5.75 Å². The number of carbonyl (C=O) groups excluding carboxylic acids is 5. The highest BCUT2D eigenvalue weighted by molar-refractivity contribution is 6.32. The zero-order valence-corrected chi connectivity index (χ0v) is 20.2. The maximum absolute atomic E-state index is 13.7. The van der Waals surface area contributed by atoms with Gasteiger partial charge in [0.2, 0.25) is 5.91 Å². The van der Waals surface area contributed by atoms with E-state index in [2.05, 4.69) is 5.32 Å². The number of hydrogen-bond donors (Lipinski definition) is 4. The Morgan fingerprint density at radius 1 is 1.23 bits per heavy atom. The summed E-state index contributed by atoms with van der Waals surface area (Å²) in [5.74, 6) is -10.4. The second kappa shape index (κ2) is 8.53. The van der Waals surface area contributed by atoms with Crippen LogP contribution in [0.25, 0.3) is 0 Å². The number of fused-ring (bicyclic) bond motifs is 3. The number of likely N-dealkylation sites (N-methyl/N-ethyl adjacent to an activating group) is 1. The molecule has 10 heteroatoms. The number of nitrogens with one attached hydrogen (secondary N) is 1. The summed E-state index contributed by atoms with van der Waals surface area (Å²) in [6.45, 7) is 3.98. The number of primary amides is 1. The topological polar surface area (TPSA) is 167 Å². The molecule has 5 N–H and O–H groups in total. The van der Waals surface area contributed by atoms with Crippen molar-refractivity contribution in [3.63, 3.8) is 0 Å². The lowest BCUT2D eigenvalue weighted by atomic mass is 9.52. The van der Waals surface area contributed by atoms with Crippen molar-refractivity contribution in [2.24, 2.45) is 29.4 Å². The average molecular weight is 486 g/mol. The number of aromatic hydroxyl groups is 1. The molecular formula is C25H31N3O7. The van der Waals surface area contributed by atoms with Crippen LogP contribution in [-0.2, 0) is 25.6 Å². The third-order valence-corrected chi connectivity index (χ3v) is 7.96. The number of carbonyl (C=O) groups is 5. The van der Waals surface area contributed by atoms with Gasteiger partial charge < -0.3 is 21.3 Å². The van der Waals surface area contributed by atoms with Crippen molar-refractivity contribution in [1.29, 1.82) is 0 Å². The Balaban J connectivity index is 1.85. The van der Waals surface area contributed by atoms with E-state index in [0.29, 0.717) is 11.3 Å². The van der Waals surface area contributed by atoms with Gasteiger partial charge in [-0.2, -0.15) is 0 Å². The van der Waals surface area contributed by atoms with Gasteiger partial charge in [-0.1, -0.05) is 6.92 Å². The number of ketones is 4. The molecule has 1 aromatic carbocycles. The molecule has 0 spiro atoms. The fourth-order valence-corrected chi connectivity index (χ4v) is 6.11. The molecule has 35 heavy (non-hydrogen) atoms. The van der Waals surface area contributed by atoms with E-state index >= 15 is 0 Å². The summed E-state index contributed by atoms with van der Waals surface area (Å²) in [6.07, 6.45) is 1.08. The summed E-state index contributed by atoms with van der Waals surface area (Å²) in [6, 6.07) is 2.04. The van der Waals surface area contributed by atoms with Gasteiger partial charge in [-0.25, -0.2) is 0 Å². The Bertz CT molecular complexity index is 1150. The van der Waals surface area contributed by atoms with Crippen LogP contribution in [0.5, 0.6) is 5.75 Å². The van der Waals surface area contributed by atoms with Crippen LogP contribution in [0.3, 0.4) is 0 Å². The maximum atomic E-state index is 13.7. The van der Waals surface area contributed by atoms with Gasteiger partial charge in [0.25, 0.3) is 0 Å². The number of benzene rings is 1. The number of nitrogens with zero attached hydrogens (tertiary/aromatic N) is 1. The largest absolute Gasteiger partial charge is 0.507 e. The van der Waals surface area contributed by atoms with E-state index in [1.807, 2.05) is 13.8 Å². The molecule has 0 saturated heterocycles. The minimum Gasteiger partial charge on any atom is -0.507 e. The van der Waals surface area contributed by atoms with Crippen LogP contribution in [-0.4, -0.2) is 75.9 Å². The molecule has 3 aliphatic carbocycles. The van der Waals surface area contributed by atoms with Crippen LogP contribution < -0.4 is 11.1 Å². The monoisotopic (exact) mass is 485 g/mol. The number of amides is 1. The van der Waals surface area contributed by atoms with Crippen LogP contribution in [0.15, 0.2) is 12.1 Å². The zero-order chi connectivity index (χ0) is 26.0. The predicted molar refractivity (Wildman–Crippen MR) is 125 cm³/mol. The second-order valence-corrected chi connectivity index (χ2v) is 10.2. The van der Waals surface area contributed by atoms with Crippen molar-refractivity contribution in [1.82, 2.24) is 4.90 Å². The summed E-state index contributed by atoms with van der Waals surface area (Å²) in [4.78, 5) is 67.2. The molecule has 3 aliphatic rings. The predicted octanol–water partition coefficient (Wildman–Crippen LogP) is 0.0774. The van der Waals surface area contributed by atoms with Crippen LogP contribution in [0, 0.1) is 23.7 Å². The third kappa shape index (κ3) is 3.49. The third-order valence-electron chi connectivity index (χ3n) is 7.96. The Kier molecular flexibility index (Phi) is 6.09. The lowest BCUT2D eigenvalue weighted by molar-refractivity contribution is -0.181. The molecule has 4 rings (SSSR count). The number of anilines is 1. The molecular weight excluding hydrogens is 454 g/mol. The minimum absolute atomic E-state index is 0.00935. The first kappa shape index (κ1) is 25.0. The van der Waals surface area contributed by atoms with E-state index in [4.69, 9.17) is 5.73 Å². The number of phenolic OH excluding ortho intramolecular Hbond substituents is 1. The number of phenols is 1. The number of rotatable bonds is 5. The van der Waals surface area contributed by atoms with Gasteiger partial charge in [0.15, 0.2) is 34.7 Å². The Morgan fingerprint density at radius 3 is 2.46 bits per heavy atom. The summed E-state index contributed by atoms with van der Waals surface area (Å²) < 4.78 is 0. The summed E-state index contributed by atoms with van der Waals surface area (Å²) in [7, 11) is 3.11. The van der Waals surface area contributed by atoms with Crippen LogP contribution >= 0.6 is 0 Å². The molecule has 1 amide bonds. The van der Waals surface area contributed by atoms with Crippen LogP contribution in [0.2, 0.25) is 0 Å². The number of aliphatic hydroxyl groups is 1. The first-order valence-electron chi connectivity index (χ1n) is 11.8. The second-order valence-electron chi connectivity index (χ2n) is 10.2. The standard InChI is InChI=1S/C25H31N3O7/c1-5-10(2)27-14-6-7-15(29)17-12(14)8-11-9-13-19(28(3)4)21(31)18(24(26)34)23(33)25(13,35)22(32)16(11)20(17)30/h6-7,10-11,13,16,18-19,27,29,35H,5,8-9H2,1-4H3,(H2,26,34)/t10?,11-,13-,16?,18?,19-,25-/m0/s1. The van der Waals surface area contributed by atoms with Crippen molar-refractivity contribution >= 4 is 34.7 Å². The number of Topliss-reactive ketones (excluding diaryl/α,β-unsaturated/α-hetero) is 4. The first-order chi connectivity index (χ1) is 16.4. The SMILES string of the molecule is CCC(C)Nc1ccc(O)c2c1C[C@H]1C[C@H]3[C@H](N(C)C)C(=O)C(C(N)=O)C(=O)[C@@]3(O)C(=O)C1C2=O. The van der Waals surface area contributed by atoms with E-state index in [1.54, 1.807) is 20.2 Å². The summed E-state index contributed by atoms with van der Waals surface area (Å²) in [5.41, 5.74) is 3.84. The fourth-order valence-electron chi connectivity index (χ4n) is 6.11. The molecule has 0 radical (unpaired) electrons. The molecule has 188 valence electrons. The molecule has 3 unspecified atom stereocenters. The van der Waals surface area contributed by atoms with Gasteiger partial charge in [-0.05, 0) is 63.9 Å². The zero-order valence-electron chi connectivity index (χ0n) is 20.2. The van der Waals surface area contributed by atoms with E-state index in [0.717, 1.165) is 6.42 Å². The normalized spacial score (nSPS) is 33.1. The number of hydrogen-bond acceptors (Lipinski definition) is 9. The van der Waals surface area contributed by atoms with Gasteiger partial charge in [0.05, 0.1) is 17.5 Å². The van der Waals surface area contributed by atoms with E-state index in [-0.39, 0.29) is 30.2 Å². The lowest BCUT2D eigenvalue weighted by Gasteiger charge is -2.52. The fraction of sp³-hybridized carbons (Fsp3) is 0.560. The first-order valence-corrected chi connectivity index (χ1v) is 11.8. The van der Waals surface area contributed by atoms with Gasteiger partial charge >= 0.3 is 0 Å². The molecule has 7 atom stereocenters. The van der Waals surface area contributed by atoms with Crippen molar-refractivity contribution in [2.45, 2.75) is 50.8 Å².